The first-order valence-electron chi connectivity index (χ1n) is 11.0. The van der Waals surface area contributed by atoms with Crippen LogP contribution < -0.4 is 10.1 Å². The van der Waals surface area contributed by atoms with Crippen molar-refractivity contribution in [2.24, 2.45) is 4.99 Å². The van der Waals surface area contributed by atoms with Crippen LogP contribution in [0.25, 0.3) is 0 Å². The van der Waals surface area contributed by atoms with E-state index in [4.69, 9.17) is 14.2 Å². The van der Waals surface area contributed by atoms with Gasteiger partial charge in [0.15, 0.2) is 5.96 Å². The molecule has 1 aromatic carbocycles. The molecule has 2 aliphatic rings. The first-order chi connectivity index (χ1) is 14.2. The number of benzene rings is 1. The molecule has 0 radical (unpaired) electrons. The van der Waals surface area contributed by atoms with Crippen molar-refractivity contribution in [3.63, 3.8) is 0 Å². The molecule has 0 spiro atoms. The summed E-state index contributed by atoms with van der Waals surface area (Å²) < 4.78 is 17.3. The Morgan fingerprint density at radius 1 is 1.23 bits per heavy atom. The molecule has 0 bridgehead atoms. The maximum Gasteiger partial charge on any atom is 0.193 e. The second-order valence-electron chi connectivity index (χ2n) is 8.04. The van der Waals surface area contributed by atoms with Crippen LogP contribution in [0.5, 0.6) is 5.75 Å². The normalized spacial score (nSPS) is 20.6. The van der Waals surface area contributed by atoms with Gasteiger partial charge in [-0.1, -0.05) is 12.1 Å². The average molecular weight is 531 g/mol. The van der Waals surface area contributed by atoms with Gasteiger partial charge in [0.25, 0.3) is 0 Å². The van der Waals surface area contributed by atoms with E-state index >= 15 is 0 Å². The highest BCUT2D eigenvalue weighted by Crippen LogP contribution is 2.20. The van der Waals surface area contributed by atoms with Crippen molar-refractivity contribution in [1.29, 1.82) is 0 Å². The van der Waals surface area contributed by atoms with Crippen molar-refractivity contribution in [3.05, 3.63) is 29.3 Å². The van der Waals surface area contributed by atoms with Crippen LogP contribution in [0.15, 0.2) is 23.2 Å². The van der Waals surface area contributed by atoms with Gasteiger partial charge < -0.3 is 24.4 Å². The second-order valence-corrected chi connectivity index (χ2v) is 8.04. The number of ether oxygens (including phenoxy) is 3. The van der Waals surface area contributed by atoms with Gasteiger partial charge in [-0.3, -0.25) is 4.99 Å². The Morgan fingerprint density at radius 3 is 2.70 bits per heavy atom. The number of aryl methyl sites for hydroxylation is 1. The van der Waals surface area contributed by atoms with Gasteiger partial charge in [0.05, 0.1) is 25.9 Å². The zero-order chi connectivity index (χ0) is 20.5. The minimum atomic E-state index is 0. The molecule has 2 saturated heterocycles. The third-order valence-electron chi connectivity index (χ3n) is 5.91. The van der Waals surface area contributed by atoms with Gasteiger partial charge >= 0.3 is 0 Å². The lowest BCUT2D eigenvalue weighted by Crippen LogP contribution is -2.47. The lowest BCUT2D eigenvalue weighted by atomic mass is 10.1. The molecule has 30 heavy (non-hydrogen) atoms. The molecular weight excluding hydrogens is 493 g/mol. The second kappa shape index (κ2) is 13.4. The number of aliphatic imine (C=N–C) groups is 1. The van der Waals surface area contributed by atoms with E-state index in [1.807, 2.05) is 7.05 Å². The maximum atomic E-state index is 6.13. The zero-order valence-corrected chi connectivity index (χ0v) is 21.0. The quantitative estimate of drug-likeness (QED) is 0.330. The fourth-order valence-electron chi connectivity index (χ4n) is 4.09. The van der Waals surface area contributed by atoms with Crippen molar-refractivity contribution in [1.82, 2.24) is 10.2 Å². The predicted octanol–water partition coefficient (Wildman–Crippen LogP) is 3.79. The molecule has 0 aliphatic carbocycles. The van der Waals surface area contributed by atoms with Gasteiger partial charge in [-0.15, -0.1) is 24.0 Å². The van der Waals surface area contributed by atoms with Gasteiger partial charge in [-0.05, 0) is 62.6 Å². The topological polar surface area (TPSA) is 55.3 Å². The minimum absolute atomic E-state index is 0. The van der Waals surface area contributed by atoms with Gasteiger partial charge in [-0.2, -0.15) is 0 Å². The van der Waals surface area contributed by atoms with E-state index in [0.717, 1.165) is 70.2 Å². The first-order valence-corrected chi connectivity index (χ1v) is 11.0. The number of likely N-dealkylation sites (tertiary alicyclic amines) is 1. The van der Waals surface area contributed by atoms with Crippen LogP contribution >= 0.6 is 24.0 Å². The van der Waals surface area contributed by atoms with Crippen molar-refractivity contribution >= 4 is 29.9 Å². The summed E-state index contributed by atoms with van der Waals surface area (Å²) >= 11 is 0. The molecule has 1 unspecified atom stereocenters. The number of guanidine groups is 1. The number of piperidine rings is 1. The van der Waals surface area contributed by atoms with Crippen LogP contribution in [0, 0.1) is 6.92 Å². The van der Waals surface area contributed by atoms with Gasteiger partial charge in [0, 0.05) is 33.3 Å². The van der Waals surface area contributed by atoms with Gasteiger partial charge in [0.2, 0.25) is 0 Å². The van der Waals surface area contributed by atoms with Crippen LogP contribution in [-0.2, 0) is 15.9 Å². The zero-order valence-electron chi connectivity index (χ0n) is 18.7. The van der Waals surface area contributed by atoms with E-state index in [2.05, 4.69) is 40.3 Å². The van der Waals surface area contributed by atoms with Gasteiger partial charge in [0.1, 0.15) is 5.75 Å². The predicted molar refractivity (Wildman–Crippen MR) is 132 cm³/mol. The fourth-order valence-corrected chi connectivity index (χ4v) is 4.09. The third-order valence-corrected chi connectivity index (χ3v) is 5.91. The van der Waals surface area contributed by atoms with Crippen molar-refractivity contribution in [3.8, 4) is 5.75 Å². The molecular formula is C23H38IN3O3. The molecule has 2 aliphatic heterocycles. The maximum absolute atomic E-state index is 6.13. The van der Waals surface area contributed by atoms with Crippen LogP contribution in [-0.4, -0.2) is 70.1 Å². The van der Waals surface area contributed by atoms with Crippen LogP contribution in [0.1, 0.15) is 43.2 Å². The van der Waals surface area contributed by atoms with Crippen molar-refractivity contribution in [2.75, 3.05) is 47.0 Å². The van der Waals surface area contributed by atoms with Crippen molar-refractivity contribution < 1.29 is 14.2 Å². The number of rotatable bonds is 7. The minimum Gasteiger partial charge on any atom is -0.496 e. The Morgan fingerprint density at radius 2 is 2.03 bits per heavy atom. The Hall–Kier alpha value is -1.06. The molecule has 6 nitrogen and oxygen atoms in total. The Balaban J connectivity index is 0.00000320. The highest BCUT2D eigenvalue weighted by molar-refractivity contribution is 14.0. The number of halogens is 1. The highest BCUT2D eigenvalue weighted by Gasteiger charge is 2.23. The summed E-state index contributed by atoms with van der Waals surface area (Å²) in [7, 11) is 3.59. The highest BCUT2D eigenvalue weighted by atomic mass is 127. The van der Waals surface area contributed by atoms with Gasteiger partial charge in [-0.25, -0.2) is 0 Å². The summed E-state index contributed by atoms with van der Waals surface area (Å²) in [5.41, 5.74) is 2.44. The molecule has 1 N–H and O–H groups in total. The molecule has 0 aromatic heterocycles. The van der Waals surface area contributed by atoms with E-state index < -0.39 is 0 Å². The molecule has 3 rings (SSSR count). The van der Waals surface area contributed by atoms with Crippen LogP contribution in [0.2, 0.25) is 0 Å². The third kappa shape index (κ3) is 7.57. The lowest BCUT2D eigenvalue weighted by molar-refractivity contribution is -0.0721. The number of nitrogens with one attached hydrogen (secondary N) is 1. The van der Waals surface area contributed by atoms with E-state index in [9.17, 15) is 0 Å². The monoisotopic (exact) mass is 531 g/mol. The Bertz CT molecular complexity index is 657. The summed E-state index contributed by atoms with van der Waals surface area (Å²) in [6, 6.07) is 6.41. The SMILES string of the molecule is CN=C(NCCc1ccc(C)c(OC)c1)N1CCC(OCC2CCCCO2)CC1.I. The number of hydrogen-bond donors (Lipinski definition) is 1. The summed E-state index contributed by atoms with van der Waals surface area (Å²) in [4.78, 5) is 6.82. The summed E-state index contributed by atoms with van der Waals surface area (Å²) in [5, 5.41) is 3.51. The molecule has 2 fully saturated rings. The summed E-state index contributed by atoms with van der Waals surface area (Å²) in [6.07, 6.45) is 7.28. The fraction of sp³-hybridized carbons (Fsp3) is 0.696. The standard InChI is InChI=1S/C23H37N3O3.HI/c1-18-7-8-19(16-22(18)27-3)9-12-25-23(24-2)26-13-10-20(11-14-26)29-17-21-6-4-5-15-28-21;/h7-8,16,20-21H,4-6,9-15,17H2,1-3H3,(H,24,25);1H. The Labute approximate surface area is 198 Å². The summed E-state index contributed by atoms with van der Waals surface area (Å²) in [6.45, 7) is 6.52. The van der Waals surface area contributed by atoms with Crippen molar-refractivity contribution in [2.45, 2.75) is 57.7 Å². The molecule has 1 atom stereocenters. The molecule has 1 aromatic rings. The molecule has 2 heterocycles. The molecule has 0 saturated carbocycles. The molecule has 7 heteroatoms. The van der Waals surface area contributed by atoms with E-state index in [1.165, 1.54) is 24.0 Å². The van der Waals surface area contributed by atoms with E-state index in [1.54, 1.807) is 7.11 Å². The first kappa shape index (κ1) is 25.2. The number of methoxy groups -OCH3 is 1. The number of nitrogens with zero attached hydrogens (tertiary/aromatic N) is 2. The smallest absolute Gasteiger partial charge is 0.193 e. The summed E-state index contributed by atoms with van der Waals surface area (Å²) in [5.74, 6) is 1.94. The lowest BCUT2D eigenvalue weighted by Gasteiger charge is -2.35. The van der Waals surface area contributed by atoms with E-state index in [-0.39, 0.29) is 24.0 Å². The van der Waals surface area contributed by atoms with Crippen LogP contribution in [0.4, 0.5) is 0 Å². The average Bonchev–Trinajstić information content (AvgIpc) is 2.77. The largest absolute Gasteiger partial charge is 0.496 e. The molecule has 170 valence electrons. The number of hydrogen-bond acceptors (Lipinski definition) is 4. The van der Waals surface area contributed by atoms with E-state index in [0.29, 0.717) is 12.2 Å². The Kier molecular flexibility index (Phi) is 11.2. The van der Waals surface area contributed by atoms with Crippen LogP contribution in [0.3, 0.4) is 0 Å². The molecule has 0 amide bonds.